The summed E-state index contributed by atoms with van der Waals surface area (Å²) in [5.41, 5.74) is -0.447. The molecule has 1 amide bonds. The number of amides is 1. The highest BCUT2D eigenvalue weighted by molar-refractivity contribution is 7.09. The van der Waals surface area contributed by atoms with Crippen LogP contribution in [0.5, 0.6) is 0 Å². The lowest BCUT2D eigenvalue weighted by Gasteiger charge is -2.11. The van der Waals surface area contributed by atoms with E-state index in [-0.39, 0.29) is 11.3 Å². The van der Waals surface area contributed by atoms with E-state index >= 15 is 0 Å². The minimum Gasteiger partial charge on any atom is -0.305 e. The van der Waals surface area contributed by atoms with Gasteiger partial charge in [0.15, 0.2) is 0 Å². The first kappa shape index (κ1) is 19.0. The summed E-state index contributed by atoms with van der Waals surface area (Å²) in [4.78, 5) is 20.6. The van der Waals surface area contributed by atoms with E-state index < -0.39 is 23.5 Å². The Labute approximate surface area is 155 Å². The molecule has 0 saturated heterocycles. The van der Waals surface area contributed by atoms with Crippen LogP contribution in [0.25, 0.3) is 11.1 Å². The number of nitrogens with one attached hydrogen (secondary N) is 1. The standard InChI is InChI=1S/C18H13F4N3OS/c1-9-5-12(11-3-4-14(19)13(6-11)18(20,21)22)7-15(23-9)17(26)25-16-8-27-10(2)24-16/h3-8H,1-2H3,(H,25,26). The maximum atomic E-state index is 13.5. The summed E-state index contributed by atoms with van der Waals surface area (Å²) in [7, 11) is 0. The van der Waals surface area contributed by atoms with Crippen molar-refractivity contribution in [2.24, 2.45) is 0 Å². The lowest BCUT2D eigenvalue weighted by Crippen LogP contribution is -2.14. The van der Waals surface area contributed by atoms with Crippen molar-refractivity contribution < 1.29 is 22.4 Å². The number of anilines is 1. The molecule has 3 rings (SSSR count). The number of carbonyl (C=O) groups excluding carboxylic acids is 1. The number of thiazole rings is 1. The molecule has 0 aliphatic heterocycles. The van der Waals surface area contributed by atoms with Gasteiger partial charge in [-0.3, -0.25) is 4.79 Å². The Morgan fingerprint density at radius 3 is 2.44 bits per heavy atom. The minimum absolute atomic E-state index is 0.0218. The number of carbonyl (C=O) groups is 1. The first-order chi connectivity index (χ1) is 12.6. The molecule has 0 aliphatic carbocycles. The van der Waals surface area contributed by atoms with Gasteiger partial charge in [-0.1, -0.05) is 6.07 Å². The summed E-state index contributed by atoms with van der Waals surface area (Å²) in [6.45, 7) is 3.40. The Morgan fingerprint density at radius 1 is 1.07 bits per heavy atom. The van der Waals surface area contributed by atoms with Gasteiger partial charge < -0.3 is 5.32 Å². The quantitative estimate of drug-likeness (QED) is 0.618. The van der Waals surface area contributed by atoms with Crippen LogP contribution in [0.15, 0.2) is 35.7 Å². The van der Waals surface area contributed by atoms with Crippen LogP contribution < -0.4 is 5.32 Å². The summed E-state index contributed by atoms with van der Waals surface area (Å²) in [5.74, 6) is -1.52. The molecule has 0 saturated carbocycles. The molecular formula is C18H13F4N3OS. The van der Waals surface area contributed by atoms with Gasteiger partial charge in [-0.25, -0.2) is 14.4 Å². The molecule has 0 fully saturated rings. The average molecular weight is 395 g/mol. The molecule has 3 aromatic rings. The SMILES string of the molecule is Cc1cc(-c2ccc(F)c(C(F)(F)F)c2)cc(C(=O)Nc2csc(C)n2)n1. The molecule has 0 bridgehead atoms. The predicted molar refractivity (Wildman–Crippen MR) is 94.2 cm³/mol. The molecule has 1 aromatic carbocycles. The number of alkyl halides is 3. The Kier molecular flexibility index (Phi) is 4.97. The summed E-state index contributed by atoms with van der Waals surface area (Å²) in [6, 6.07) is 5.58. The summed E-state index contributed by atoms with van der Waals surface area (Å²) in [6.07, 6.45) is -4.81. The Bertz CT molecular complexity index is 1010. The maximum absolute atomic E-state index is 13.5. The van der Waals surface area contributed by atoms with Crippen molar-refractivity contribution in [1.29, 1.82) is 0 Å². The van der Waals surface area contributed by atoms with E-state index in [1.54, 1.807) is 19.2 Å². The number of nitrogens with zero attached hydrogens (tertiary/aromatic N) is 2. The second-order valence-electron chi connectivity index (χ2n) is 5.78. The van der Waals surface area contributed by atoms with Gasteiger partial charge in [0, 0.05) is 11.1 Å². The zero-order chi connectivity index (χ0) is 19.8. The summed E-state index contributed by atoms with van der Waals surface area (Å²) in [5, 5.41) is 5.03. The van der Waals surface area contributed by atoms with Crippen LogP contribution in [0.1, 0.15) is 26.8 Å². The maximum Gasteiger partial charge on any atom is 0.419 e. The number of aromatic nitrogens is 2. The number of halogens is 4. The fourth-order valence-corrected chi connectivity index (χ4v) is 3.02. The fourth-order valence-electron chi connectivity index (χ4n) is 2.47. The molecule has 4 nitrogen and oxygen atoms in total. The van der Waals surface area contributed by atoms with Crippen LogP contribution in [0.3, 0.4) is 0 Å². The highest BCUT2D eigenvalue weighted by atomic mass is 32.1. The average Bonchev–Trinajstić information content (AvgIpc) is 2.98. The van der Waals surface area contributed by atoms with Crippen LogP contribution in [0.4, 0.5) is 23.4 Å². The van der Waals surface area contributed by atoms with Crippen molar-refractivity contribution in [2.75, 3.05) is 5.32 Å². The molecule has 0 atom stereocenters. The van der Waals surface area contributed by atoms with Crippen molar-refractivity contribution >= 4 is 23.1 Å². The molecule has 0 radical (unpaired) electrons. The van der Waals surface area contributed by atoms with Crippen molar-refractivity contribution in [3.8, 4) is 11.1 Å². The number of aryl methyl sites for hydroxylation is 2. The second kappa shape index (κ2) is 7.07. The van der Waals surface area contributed by atoms with Crippen LogP contribution >= 0.6 is 11.3 Å². The van der Waals surface area contributed by atoms with Crippen molar-refractivity contribution in [3.05, 3.63) is 63.5 Å². The van der Waals surface area contributed by atoms with E-state index in [9.17, 15) is 22.4 Å². The molecule has 0 aliphatic rings. The van der Waals surface area contributed by atoms with Crippen molar-refractivity contribution in [2.45, 2.75) is 20.0 Å². The first-order valence-electron chi connectivity index (χ1n) is 7.73. The van der Waals surface area contributed by atoms with Gasteiger partial charge in [0.25, 0.3) is 5.91 Å². The third kappa shape index (κ3) is 4.30. The van der Waals surface area contributed by atoms with Crippen molar-refractivity contribution in [1.82, 2.24) is 9.97 Å². The van der Waals surface area contributed by atoms with E-state index in [0.29, 0.717) is 17.1 Å². The monoisotopic (exact) mass is 395 g/mol. The molecule has 140 valence electrons. The fraction of sp³-hybridized carbons (Fsp3) is 0.167. The van der Waals surface area contributed by atoms with E-state index in [1.807, 2.05) is 0 Å². The molecule has 0 spiro atoms. The van der Waals surface area contributed by atoms with Gasteiger partial charge in [-0.05, 0) is 49.2 Å². The second-order valence-corrected chi connectivity index (χ2v) is 6.84. The zero-order valence-corrected chi connectivity index (χ0v) is 15.0. The number of hydrogen-bond donors (Lipinski definition) is 1. The van der Waals surface area contributed by atoms with Gasteiger partial charge in [-0.15, -0.1) is 11.3 Å². The Morgan fingerprint density at radius 2 is 1.81 bits per heavy atom. The molecule has 2 heterocycles. The number of rotatable bonds is 3. The highest BCUT2D eigenvalue weighted by Crippen LogP contribution is 2.34. The summed E-state index contributed by atoms with van der Waals surface area (Å²) >= 11 is 1.36. The largest absolute Gasteiger partial charge is 0.419 e. The van der Waals surface area contributed by atoms with E-state index in [4.69, 9.17) is 0 Å². The van der Waals surface area contributed by atoms with Crippen LogP contribution in [-0.2, 0) is 6.18 Å². The number of hydrogen-bond acceptors (Lipinski definition) is 4. The van der Waals surface area contributed by atoms with E-state index in [0.717, 1.165) is 17.1 Å². The van der Waals surface area contributed by atoms with Crippen LogP contribution in [0.2, 0.25) is 0 Å². The van der Waals surface area contributed by atoms with E-state index in [1.165, 1.54) is 29.5 Å². The normalized spacial score (nSPS) is 11.5. The first-order valence-corrected chi connectivity index (χ1v) is 8.61. The number of benzene rings is 1. The number of pyridine rings is 1. The van der Waals surface area contributed by atoms with Crippen molar-refractivity contribution in [3.63, 3.8) is 0 Å². The Balaban J connectivity index is 1.97. The van der Waals surface area contributed by atoms with Gasteiger partial charge in [-0.2, -0.15) is 13.2 Å². The molecule has 0 unspecified atom stereocenters. The third-order valence-electron chi connectivity index (χ3n) is 3.65. The lowest BCUT2D eigenvalue weighted by molar-refractivity contribution is -0.139. The summed E-state index contributed by atoms with van der Waals surface area (Å²) < 4.78 is 52.4. The van der Waals surface area contributed by atoms with E-state index in [2.05, 4.69) is 15.3 Å². The topological polar surface area (TPSA) is 54.9 Å². The molecule has 9 heteroatoms. The smallest absolute Gasteiger partial charge is 0.305 e. The van der Waals surface area contributed by atoms with Crippen LogP contribution in [-0.4, -0.2) is 15.9 Å². The van der Waals surface area contributed by atoms with Gasteiger partial charge in [0.05, 0.1) is 10.6 Å². The molecular weight excluding hydrogens is 382 g/mol. The minimum atomic E-state index is -4.81. The highest BCUT2D eigenvalue weighted by Gasteiger charge is 2.34. The molecule has 27 heavy (non-hydrogen) atoms. The van der Waals surface area contributed by atoms with Gasteiger partial charge in [0.2, 0.25) is 0 Å². The third-order valence-corrected chi connectivity index (χ3v) is 4.43. The Hall–Kier alpha value is -2.81. The molecule has 2 aromatic heterocycles. The zero-order valence-electron chi connectivity index (χ0n) is 14.2. The molecule has 1 N–H and O–H groups in total. The van der Waals surface area contributed by atoms with Crippen LogP contribution in [0, 0.1) is 19.7 Å². The van der Waals surface area contributed by atoms with Gasteiger partial charge >= 0.3 is 6.18 Å². The predicted octanol–water partition coefficient (Wildman–Crippen LogP) is 5.23. The lowest BCUT2D eigenvalue weighted by atomic mass is 10.0. The van der Waals surface area contributed by atoms with Gasteiger partial charge in [0.1, 0.15) is 17.3 Å².